The van der Waals surface area contributed by atoms with Gasteiger partial charge in [-0.15, -0.1) is 4.28 Å². The molecule has 0 aromatic carbocycles. The lowest BCUT2D eigenvalue weighted by molar-refractivity contribution is -0.0228. The number of hydrogen-bond acceptors (Lipinski definition) is 5. The van der Waals surface area contributed by atoms with E-state index < -0.39 is 28.5 Å². The molecule has 0 aliphatic carbocycles. The van der Waals surface area contributed by atoms with Crippen LogP contribution in [0.25, 0.3) is 0 Å². The lowest BCUT2D eigenvalue weighted by atomic mass is 9.91. The minimum absolute atomic E-state index is 0.0152. The lowest BCUT2D eigenvalue weighted by Gasteiger charge is -2.27. The van der Waals surface area contributed by atoms with Gasteiger partial charge in [-0.2, -0.15) is 18.7 Å². The third-order valence-corrected chi connectivity index (χ3v) is 3.48. The molecule has 1 fully saturated rings. The summed E-state index contributed by atoms with van der Waals surface area (Å²) in [6.07, 6.45) is 1.63. The number of carbonyl (C=O) groups excluding carboxylic acids is 1. The molecule has 0 spiro atoms. The zero-order valence-electron chi connectivity index (χ0n) is 10.3. The fourth-order valence-electron chi connectivity index (χ4n) is 2.32. The van der Waals surface area contributed by atoms with Gasteiger partial charge in [-0.05, 0) is 17.6 Å². The summed E-state index contributed by atoms with van der Waals surface area (Å²) < 4.78 is 34.6. The number of amides is 2. The Balaban J connectivity index is 2.39. The van der Waals surface area contributed by atoms with Crippen molar-refractivity contribution in [1.82, 2.24) is 9.96 Å². The van der Waals surface area contributed by atoms with Crippen LogP contribution in [-0.2, 0) is 14.7 Å². The van der Waals surface area contributed by atoms with Crippen molar-refractivity contribution in [2.45, 2.75) is 25.9 Å². The van der Waals surface area contributed by atoms with Gasteiger partial charge >= 0.3 is 16.4 Å². The summed E-state index contributed by atoms with van der Waals surface area (Å²) >= 11 is 0. The molecule has 1 saturated heterocycles. The zero-order valence-corrected chi connectivity index (χ0v) is 11.2. The Morgan fingerprint density at radius 3 is 2.68 bits per heavy atom. The van der Waals surface area contributed by atoms with Gasteiger partial charge < -0.3 is 4.90 Å². The van der Waals surface area contributed by atoms with Crippen molar-refractivity contribution in [3.63, 3.8) is 0 Å². The first-order chi connectivity index (χ1) is 8.74. The summed E-state index contributed by atoms with van der Waals surface area (Å²) in [5, 5.41) is 9.64. The van der Waals surface area contributed by atoms with Crippen molar-refractivity contribution in [3.05, 3.63) is 11.6 Å². The molecule has 2 aliphatic heterocycles. The van der Waals surface area contributed by atoms with Gasteiger partial charge in [0, 0.05) is 0 Å². The quantitative estimate of drug-likeness (QED) is 0.591. The standard InChI is InChI=1S/C10H13N3O5S/c1-6(2)8-3-7(4-11)12-5-9(8)13(10(12)14)18-19(15,16)17/h3,6-7,9H,5H2,1-2H3,(H,15,16,17)/t7-,9+/m0/s1. The first-order valence-electron chi connectivity index (χ1n) is 5.62. The zero-order chi connectivity index (χ0) is 14.4. The second-order valence-electron chi connectivity index (χ2n) is 4.67. The third kappa shape index (κ3) is 2.42. The van der Waals surface area contributed by atoms with Gasteiger partial charge in [-0.1, -0.05) is 13.8 Å². The average molecular weight is 287 g/mol. The summed E-state index contributed by atoms with van der Waals surface area (Å²) in [6.45, 7) is 3.89. The van der Waals surface area contributed by atoms with Gasteiger partial charge in [0.15, 0.2) is 0 Å². The van der Waals surface area contributed by atoms with Crippen LogP contribution < -0.4 is 0 Å². The summed E-state index contributed by atoms with van der Waals surface area (Å²) in [5.74, 6) is 0.0152. The number of hydrogen-bond donors (Lipinski definition) is 1. The molecule has 2 amide bonds. The van der Waals surface area contributed by atoms with Crippen LogP contribution >= 0.6 is 0 Å². The maximum Gasteiger partial charge on any atom is 0.418 e. The van der Waals surface area contributed by atoms with Crippen LogP contribution in [0.15, 0.2) is 11.6 Å². The highest BCUT2D eigenvalue weighted by Gasteiger charge is 2.48. The van der Waals surface area contributed by atoms with E-state index in [9.17, 15) is 13.2 Å². The Bertz CT molecular complexity index is 576. The average Bonchev–Trinajstić information content (AvgIpc) is 2.54. The van der Waals surface area contributed by atoms with Crippen molar-refractivity contribution in [2.75, 3.05) is 6.54 Å². The monoisotopic (exact) mass is 287 g/mol. The molecule has 2 aliphatic rings. The lowest BCUT2D eigenvalue weighted by Crippen LogP contribution is -2.38. The van der Waals surface area contributed by atoms with Gasteiger partial charge in [0.2, 0.25) is 0 Å². The van der Waals surface area contributed by atoms with E-state index in [1.54, 1.807) is 6.08 Å². The maximum atomic E-state index is 12.0. The molecule has 0 unspecified atom stereocenters. The Labute approximate surface area is 110 Å². The predicted molar refractivity (Wildman–Crippen MR) is 62.7 cm³/mol. The van der Waals surface area contributed by atoms with E-state index in [4.69, 9.17) is 9.81 Å². The van der Waals surface area contributed by atoms with Crippen LogP contribution in [0.5, 0.6) is 0 Å². The molecule has 0 radical (unpaired) electrons. The molecule has 0 aromatic rings. The fraction of sp³-hybridized carbons (Fsp3) is 0.600. The minimum atomic E-state index is -4.78. The number of hydroxylamine groups is 2. The Hall–Kier alpha value is -1.63. The maximum absolute atomic E-state index is 12.0. The molecule has 104 valence electrons. The molecule has 8 nitrogen and oxygen atoms in total. The van der Waals surface area contributed by atoms with Crippen LogP contribution in [0.4, 0.5) is 4.79 Å². The molecule has 2 atom stereocenters. The molecule has 9 heteroatoms. The Morgan fingerprint density at radius 2 is 2.21 bits per heavy atom. The smallest absolute Gasteiger partial charge is 0.301 e. The van der Waals surface area contributed by atoms with Gasteiger partial charge in [0.25, 0.3) is 0 Å². The number of nitrogens with zero attached hydrogens (tertiary/aromatic N) is 3. The SMILES string of the molecule is CC(C)C1=C[C@@H](C#N)N2C[C@H]1N(OS(=O)(=O)O)C2=O. The van der Waals surface area contributed by atoms with E-state index in [2.05, 4.69) is 4.28 Å². The van der Waals surface area contributed by atoms with Gasteiger partial charge in [-0.25, -0.2) is 4.79 Å². The first kappa shape index (κ1) is 13.8. The van der Waals surface area contributed by atoms with E-state index in [0.717, 1.165) is 5.57 Å². The fourth-order valence-corrected chi connectivity index (χ4v) is 2.70. The summed E-state index contributed by atoms with van der Waals surface area (Å²) in [6, 6.07) is -0.150. The highest BCUT2D eigenvalue weighted by Crippen LogP contribution is 2.33. The van der Waals surface area contributed by atoms with Gasteiger partial charge in [0.1, 0.15) is 12.1 Å². The van der Waals surface area contributed by atoms with Crippen LogP contribution in [0.2, 0.25) is 0 Å². The highest BCUT2D eigenvalue weighted by molar-refractivity contribution is 7.80. The number of urea groups is 1. The highest BCUT2D eigenvalue weighted by atomic mass is 32.3. The minimum Gasteiger partial charge on any atom is -0.301 e. The number of rotatable bonds is 3. The van der Waals surface area contributed by atoms with Gasteiger partial charge in [0.05, 0.1) is 12.6 Å². The van der Waals surface area contributed by atoms with E-state index in [-0.39, 0.29) is 12.5 Å². The largest absolute Gasteiger partial charge is 0.418 e. The normalized spacial score (nSPS) is 26.7. The summed E-state index contributed by atoms with van der Waals surface area (Å²) in [5.41, 5.74) is 0.734. The number of fused-ring (bicyclic) bond motifs is 2. The van der Waals surface area contributed by atoms with Crippen LogP contribution in [0, 0.1) is 17.2 Å². The summed E-state index contributed by atoms with van der Waals surface area (Å²) in [7, 11) is -4.78. The van der Waals surface area contributed by atoms with E-state index in [1.807, 2.05) is 19.9 Å². The third-order valence-electron chi connectivity index (χ3n) is 3.13. The molecule has 2 rings (SSSR count). The molecular weight excluding hydrogens is 274 g/mol. The van der Waals surface area contributed by atoms with Crippen molar-refractivity contribution in [3.8, 4) is 6.07 Å². The molecular formula is C10H13N3O5S. The molecule has 1 N–H and O–H groups in total. The predicted octanol–water partition coefficient (Wildman–Crippen LogP) is 0.315. The van der Waals surface area contributed by atoms with E-state index >= 15 is 0 Å². The Morgan fingerprint density at radius 1 is 1.58 bits per heavy atom. The molecule has 19 heavy (non-hydrogen) atoms. The topological polar surface area (TPSA) is 111 Å². The van der Waals surface area contributed by atoms with Crippen molar-refractivity contribution in [2.24, 2.45) is 5.92 Å². The molecule has 2 bridgehead atoms. The molecule has 0 aromatic heterocycles. The first-order valence-corrected chi connectivity index (χ1v) is 6.99. The van der Waals surface area contributed by atoms with Crippen LogP contribution in [0.3, 0.4) is 0 Å². The van der Waals surface area contributed by atoms with Crippen LogP contribution in [0.1, 0.15) is 13.8 Å². The van der Waals surface area contributed by atoms with Crippen molar-refractivity contribution in [1.29, 1.82) is 5.26 Å². The van der Waals surface area contributed by atoms with E-state index in [0.29, 0.717) is 5.06 Å². The van der Waals surface area contributed by atoms with Gasteiger partial charge in [-0.3, -0.25) is 4.55 Å². The molecule has 2 heterocycles. The van der Waals surface area contributed by atoms with E-state index in [1.165, 1.54) is 4.90 Å². The second kappa shape index (κ2) is 4.48. The number of nitriles is 1. The second-order valence-corrected chi connectivity index (χ2v) is 5.68. The summed E-state index contributed by atoms with van der Waals surface area (Å²) in [4.78, 5) is 13.2. The Kier molecular flexibility index (Phi) is 3.25. The van der Waals surface area contributed by atoms with Crippen molar-refractivity contribution < 1.29 is 22.0 Å². The van der Waals surface area contributed by atoms with Crippen LogP contribution in [-0.4, -0.2) is 47.6 Å². The molecule has 0 saturated carbocycles. The van der Waals surface area contributed by atoms with Crippen molar-refractivity contribution >= 4 is 16.4 Å². The number of carbonyl (C=O) groups is 1.